The fourth-order valence-electron chi connectivity index (χ4n) is 4.80. The molecule has 2 aliphatic rings. The highest BCUT2D eigenvalue weighted by Crippen LogP contribution is 2.49. The van der Waals surface area contributed by atoms with Gasteiger partial charge in [-0.3, -0.25) is 4.79 Å². The Balaban J connectivity index is 1.32. The first-order valence-corrected chi connectivity index (χ1v) is 9.20. The molecule has 0 saturated heterocycles. The fourth-order valence-corrected chi connectivity index (χ4v) is 4.80. The molecule has 24 heavy (non-hydrogen) atoms. The van der Waals surface area contributed by atoms with Crippen molar-refractivity contribution in [1.82, 2.24) is 9.88 Å². The monoisotopic (exact) mass is 322 g/mol. The second kappa shape index (κ2) is 6.46. The molecular weight excluding hydrogens is 296 g/mol. The average molecular weight is 322 g/mol. The van der Waals surface area contributed by atoms with Crippen LogP contribution in [-0.2, 0) is 11.2 Å². The molecule has 2 fully saturated rings. The summed E-state index contributed by atoms with van der Waals surface area (Å²) in [5.41, 5.74) is 2.20. The van der Waals surface area contributed by atoms with E-state index in [-0.39, 0.29) is 5.91 Å². The predicted molar refractivity (Wildman–Crippen MR) is 96.0 cm³/mol. The Morgan fingerprint density at radius 2 is 1.92 bits per heavy atom. The van der Waals surface area contributed by atoms with Crippen molar-refractivity contribution in [3.05, 3.63) is 54.4 Å². The van der Waals surface area contributed by atoms with Crippen molar-refractivity contribution in [2.75, 3.05) is 0 Å². The largest absolute Gasteiger partial charge is 0.353 e. The highest BCUT2D eigenvalue weighted by molar-refractivity contribution is 5.78. The number of hydrogen-bond donors (Lipinski definition) is 1. The average Bonchev–Trinajstić information content (AvgIpc) is 3.33. The van der Waals surface area contributed by atoms with Crippen molar-refractivity contribution in [2.24, 2.45) is 17.8 Å². The Labute approximate surface area is 144 Å². The maximum Gasteiger partial charge on any atom is 0.224 e. The molecule has 1 N–H and O–H groups in total. The number of nitrogens with one attached hydrogen (secondary N) is 1. The van der Waals surface area contributed by atoms with Crippen LogP contribution in [0.5, 0.6) is 0 Å². The molecule has 4 unspecified atom stereocenters. The minimum atomic E-state index is 0.152. The van der Waals surface area contributed by atoms with E-state index in [4.69, 9.17) is 0 Å². The zero-order valence-electron chi connectivity index (χ0n) is 14.3. The van der Waals surface area contributed by atoms with Gasteiger partial charge in [0.2, 0.25) is 5.91 Å². The standard InChI is InChI=1S/C21H26N2O/c1-15(20-13-17-4-7-18(20)12-17)22-21(24)14-16-5-8-19(9-6-16)23-10-2-3-11-23/h2-3,5-6,8-11,15,17-18,20H,4,7,12-14H2,1H3,(H,22,24). The van der Waals surface area contributed by atoms with Gasteiger partial charge >= 0.3 is 0 Å². The topological polar surface area (TPSA) is 34.0 Å². The van der Waals surface area contributed by atoms with Crippen molar-refractivity contribution < 1.29 is 4.79 Å². The molecule has 2 saturated carbocycles. The van der Waals surface area contributed by atoms with Crippen LogP contribution in [-0.4, -0.2) is 16.5 Å². The molecule has 126 valence electrons. The van der Waals surface area contributed by atoms with Gasteiger partial charge in [-0.1, -0.05) is 18.6 Å². The predicted octanol–water partition coefficient (Wildman–Crippen LogP) is 3.96. The molecule has 2 aromatic rings. The van der Waals surface area contributed by atoms with Crippen LogP contribution >= 0.6 is 0 Å². The number of fused-ring (bicyclic) bond motifs is 2. The molecule has 1 aromatic carbocycles. The summed E-state index contributed by atoms with van der Waals surface area (Å²) in [6.45, 7) is 2.19. The van der Waals surface area contributed by atoms with Gasteiger partial charge in [0.15, 0.2) is 0 Å². The number of carbonyl (C=O) groups is 1. The van der Waals surface area contributed by atoms with Crippen LogP contribution < -0.4 is 5.32 Å². The zero-order valence-corrected chi connectivity index (χ0v) is 14.3. The molecule has 1 heterocycles. The van der Waals surface area contributed by atoms with Gasteiger partial charge in [-0.05, 0) is 73.8 Å². The SMILES string of the molecule is CC(NC(=O)Cc1ccc(-n2cccc2)cc1)C1CC2CCC1C2. The fraction of sp³-hybridized carbons (Fsp3) is 0.476. The molecule has 2 aliphatic carbocycles. The first kappa shape index (κ1) is 15.5. The lowest BCUT2D eigenvalue weighted by atomic mass is 9.84. The number of carbonyl (C=O) groups excluding carboxylic acids is 1. The Hall–Kier alpha value is -2.03. The third-order valence-electron chi connectivity index (χ3n) is 6.03. The number of aromatic nitrogens is 1. The van der Waals surface area contributed by atoms with E-state index in [1.807, 2.05) is 24.5 Å². The van der Waals surface area contributed by atoms with E-state index in [0.29, 0.717) is 18.4 Å². The maximum atomic E-state index is 12.4. The van der Waals surface area contributed by atoms with Crippen LogP contribution in [0.4, 0.5) is 0 Å². The molecule has 1 amide bonds. The van der Waals surface area contributed by atoms with Gasteiger partial charge in [-0.15, -0.1) is 0 Å². The molecule has 1 aromatic heterocycles. The van der Waals surface area contributed by atoms with E-state index >= 15 is 0 Å². The minimum Gasteiger partial charge on any atom is -0.353 e. The molecule has 2 bridgehead atoms. The third kappa shape index (κ3) is 3.12. The summed E-state index contributed by atoms with van der Waals surface area (Å²) in [5, 5.41) is 3.25. The van der Waals surface area contributed by atoms with E-state index in [0.717, 1.165) is 23.1 Å². The van der Waals surface area contributed by atoms with Crippen LogP contribution in [0.15, 0.2) is 48.8 Å². The molecule has 4 rings (SSSR count). The molecule has 0 aliphatic heterocycles. The van der Waals surface area contributed by atoms with Gasteiger partial charge in [0, 0.05) is 24.1 Å². The number of amides is 1. The van der Waals surface area contributed by atoms with Crippen LogP contribution in [0.3, 0.4) is 0 Å². The summed E-state index contributed by atoms with van der Waals surface area (Å²) in [6.07, 6.45) is 10.0. The van der Waals surface area contributed by atoms with Gasteiger partial charge < -0.3 is 9.88 Å². The highest BCUT2D eigenvalue weighted by Gasteiger charge is 2.42. The van der Waals surface area contributed by atoms with Crippen LogP contribution in [0, 0.1) is 17.8 Å². The lowest BCUT2D eigenvalue weighted by Gasteiger charge is -2.28. The quantitative estimate of drug-likeness (QED) is 0.888. The lowest BCUT2D eigenvalue weighted by Crippen LogP contribution is -2.40. The Kier molecular flexibility index (Phi) is 4.17. The van der Waals surface area contributed by atoms with E-state index in [9.17, 15) is 4.79 Å². The van der Waals surface area contributed by atoms with E-state index in [1.54, 1.807) is 0 Å². The van der Waals surface area contributed by atoms with Crippen molar-refractivity contribution in [3.8, 4) is 5.69 Å². The van der Waals surface area contributed by atoms with Crippen LogP contribution in [0.25, 0.3) is 5.69 Å². The van der Waals surface area contributed by atoms with Crippen LogP contribution in [0.2, 0.25) is 0 Å². The molecule has 4 atom stereocenters. The number of nitrogens with zero attached hydrogens (tertiary/aromatic N) is 1. The van der Waals surface area contributed by atoms with Gasteiger partial charge in [0.25, 0.3) is 0 Å². The first-order chi connectivity index (χ1) is 11.7. The molecule has 3 heteroatoms. The molecule has 0 spiro atoms. The summed E-state index contributed by atoms with van der Waals surface area (Å²) in [6, 6.07) is 12.6. The summed E-state index contributed by atoms with van der Waals surface area (Å²) in [5.74, 6) is 2.63. The zero-order chi connectivity index (χ0) is 16.5. The second-order valence-corrected chi connectivity index (χ2v) is 7.63. The summed E-state index contributed by atoms with van der Waals surface area (Å²) in [7, 11) is 0. The second-order valence-electron chi connectivity index (χ2n) is 7.63. The lowest BCUT2D eigenvalue weighted by molar-refractivity contribution is -0.121. The number of hydrogen-bond acceptors (Lipinski definition) is 1. The van der Waals surface area contributed by atoms with Gasteiger partial charge in [-0.2, -0.15) is 0 Å². The Morgan fingerprint density at radius 1 is 1.17 bits per heavy atom. The van der Waals surface area contributed by atoms with E-state index in [2.05, 4.69) is 41.1 Å². The Morgan fingerprint density at radius 3 is 2.54 bits per heavy atom. The van der Waals surface area contributed by atoms with Crippen molar-refractivity contribution in [3.63, 3.8) is 0 Å². The number of rotatable bonds is 5. The van der Waals surface area contributed by atoms with Gasteiger partial charge in [0.1, 0.15) is 0 Å². The number of benzene rings is 1. The molecular formula is C21H26N2O. The summed E-state index contributed by atoms with van der Waals surface area (Å²) < 4.78 is 2.07. The normalized spacial score (nSPS) is 26.5. The van der Waals surface area contributed by atoms with Gasteiger partial charge in [-0.25, -0.2) is 0 Å². The summed E-state index contributed by atoms with van der Waals surface area (Å²) >= 11 is 0. The summed E-state index contributed by atoms with van der Waals surface area (Å²) in [4.78, 5) is 12.4. The minimum absolute atomic E-state index is 0.152. The van der Waals surface area contributed by atoms with E-state index < -0.39 is 0 Å². The van der Waals surface area contributed by atoms with Crippen molar-refractivity contribution in [2.45, 2.75) is 45.1 Å². The highest BCUT2D eigenvalue weighted by atomic mass is 16.1. The van der Waals surface area contributed by atoms with Crippen LogP contribution in [0.1, 0.15) is 38.2 Å². The Bertz CT molecular complexity index is 689. The maximum absolute atomic E-state index is 12.4. The third-order valence-corrected chi connectivity index (χ3v) is 6.03. The van der Waals surface area contributed by atoms with Crippen molar-refractivity contribution in [1.29, 1.82) is 0 Å². The van der Waals surface area contributed by atoms with Crippen molar-refractivity contribution >= 4 is 5.91 Å². The van der Waals surface area contributed by atoms with E-state index in [1.165, 1.54) is 25.7 Å². The molecule has 0 radical (unpaired) electrons. The first-order valence-electron chi connectivity index (χ1n) is 9.20. The smallest absolute Gasteiger partial charge is 0.224 e. The van der Waals surface area contributed by atoms with Gasteiger partial charge in [0.05, 0.1) is 6.42 Å². The molecule has 3 nitrogen and oxygen atoms in total.